The largest absolute Gasteiger partial charge is 0.324 e. The molecule has 0 bridgehead atoms. The van der Waals surface area contributed by atoms with Crippen LogP contribution in [0.5, 0.6) is 0 Å². The Morgan fingerprint density at radius 3 is 2.17 bits per heavy atom. The zero-order chi connectivity index (χ0) is 29.1. The summed E-state index contributed by atoms with van der Waals surface area (Å²) >= 11 is 9.70. The molecular weight excluding hydrogens is 612 g/mol. The van der Waals surface area contributed by atoms with Crippen LogP contribution in [-0.4, -0.2) is 21.7 Å². The third kappa shape index (κ3) is 5.93. The molecule has 5 aromatic carbocycles. The van der Waals surface area contributed by atoms with Crippen molar-refractivity contribution in [1.29, 1.82) is 0 Å². The van der Waals surface area contributed by atoms with E-state index in [4.69, 9.17) is 16.6 Å². The minimum Gasteiger partial charge on any atom is -0.324 e. The third-order valence-corrected chi connectivity index (χ3v) is 7.35. The topological polar surface area (TPSA) is 84.0 Å². The van der Waals surface area contributed by atoms with Crippen LogP contribution in [0.2, 0.25) is 5.02 Å². The van der Waals surface area contributed by atoms with Crippen LogP contribution in [0.25, 0.3) is 22.2 Å². The number of carbonyl (C=O) groups excluding carboxylic acids is 2. The molecule has 1 amide bonds. The van der Waals surface area contributed by atoms with Gasteiger partial charge in [-0.2, -0.15) is 0 Å². The molecule has 0 spiro atoms. The SMILES string of the molecule is O=C(Nc1ccc(Br)cc1C(=O)c1ccccc1)c1ccc(Nc2nc(-c3ccccc3)c3cc(Cl)ccc3n2)cc1. The zero-order valence-corrected chi connectivity index (χ0v) is 24.4. The second kappa shape index (κ2) is 11.9. The smallest absolute Gasteiger partial charge is 0.255 e. The first-order chi connectivity index (χ1) is 20.4. The van der Waals surface area contributed by atoms with Crippen LogP contribution in [0, 0.1) is 0 Å². The van der Waals surface area contributed by atoms with Crippen LogP contribution in [0.15, 0.2) is 126 Å². The highest BCUT2D eigenvalue weighted by atomic mass is 79.9. The van der Waals surface area contributed by atoms with Crippen molar-refractivity contribution in [3.8, 4) is 11.3 Å². The molecule has 6 rings (SSSR count). The summed E-state index contributed by atoms with van der Waals surface area (Å²) in [5.74, 6) is -0.102. The van der Waals surface area contributed by atoms with E-state index in [0.29, 0.717) is 39.0 Å². The van der Waals surface area contributed by atoms with E-state index in [0.717, 1.165) is 26.6 Å². The van der Waals surface area contributed by atoms with Crippen LogP contribution in [-0.2, 0) is 0 Å². The molecule has 0 unspecified atom stereocenters. The van der Waals surface area contributed by atoms with Crippen molar-refractivity contribution in [3.63, 3.8) is 0 Å². The van der Waals surface area contributed by atoms with Crippen LogP contribution >= 0.6 is 27.5 Å². The van der Waals surface area contributed by atoms with Gasteiger partial charge in [0, 0.05) is 42.8 Å². The van der Waals surface area contributed by atoms with Gasteiger partial charge in [-0.3, -0.25) is 9.59 Å². The molecule has 0 aliphatic rings. The standard InChI is InChI=1S/C34H22BrClN4O2/c35-24-13-17-30(28(19-24)32(41)22-9-5-2-6-10-22)38-33(42)23-11-15-26(16-12-23)37-34-39-29-18-14-25(36)20-27(29)31(40-34)21-7-3-1-4-8-21/h1-20H,(H,38,42)(H,37,39,40). The van der Waals surface area contributed by atoms with Crippen molar-refractivity contribution < 1.29 is 9.59 Å². The van der Waals surface area contributed by atoms with Crippen molar-refractivity contribution in [2.45, 2.75) is 0 Å². The van der Waals surface area contributed by atoms with Gasteiger partial charge < -0.3 is 10.6 Å². The summed E-state index contributed by atoms with van der Waals surface area (Å²) in [6.45, 7) is 0. The van der Waals surface area contributed by atoms with Crippen LogP contribution in [0.3, 0.4) is 0 Å². The molecule has 6 nitrogen and oxygen atoms in total. The number of amides is 1. The maximum Gasteiger partial charge on any atom is 0.255 e. The number of anilines is 3. The molecule has 0 saturated carbocycles. The van der Waals surface area contributed by atoms with E-state index in [2.05, 4.69) is 31.5 Å². The van der Waals surface area contributed by atoms with Crippen molar-refractivity contribution in [3.05, 3.63) is 148 Å². The van der Waals surface area contributed by atoms with Gasteiger partial charge >= 0.3 is 0 Å². The quantitative estimate of drug-likeness (QED) is 0.172. The summed E-state index contributed by atoms with van der Waals surface area (Å²) in [6.07, 6.45) is 0. The first-order valence-electron chi connectivity index (χ1n) is 13.0. The normalized spacial score (nSPS) is 10.8. The van der Waals surface area contributed by atoms with Gasteiger partial charge in [-0.15, -0.1) is 0 Å². The number of hydrogen-bond acceptors (Lipinski definition) is 5. The molecule has 1 aromatic heterocycles. The number of nitrogens with zero attached hydrogens (tertiary/aromatic N) is 2. The van der Waals surface area contributed by atoms with Gasteiger partial charge in [0.25, 0.3) is 5.91 Å². The Morgan fingerprint density at radius 1 is 0.714 bits per heavy atom. The lowest BCUT2D eigenvalue weighted by Gasteiger charge is -2.13. The first-order valence-corrected chi connectivity index (χ1v) is 14.2. The average molecular weight is 634 g/mol. The lowest BCUT2D eigenvalue weighted by molar-refractivity contribution is 0.102. The Kier molecular flexibility index (Phi) is 7.77. The van der Waals surface area contributed by atoms with Crippen molar-refractivity contribution in [1.82, 2.24) is 9.97 Å². The summed E-state index contributed by atoms with van der Waals surface area (Å²) in [5.41, 5.74) is 4.96. The summed E-state index contributed by atoms with van der Waals surface area (Å²) in [7, 11) is 0. The summed E-state index contributed by atoms with van der Waals surface area (Å²) in [6, 6.07) is 36.5. The Morgan fingerprint density at radius 2 is 1.43 bits per heavy atom. The number of nitrogens with one attached hydrogen (secondary N) is 2. The van der Waals surface area contributed by atoms with E-state index in [1.807, 2.05) is 48.5 Å². The van der Waals surface area contributed by atoms with Gasteiger partial charge in [-0.1, -0.05) is 88.2 Å². The van der Waals surface area contributed by atoms with Gasteiger partial charge in [0.15, 0.2) is 5.78 Å². The Labute approximate surface area is 255 Å². The molecule has 0 aliphatic heterocycles. The number of aromatic nitrogens is 2. The predicted molar refractivity (Wildman–Crippen MR) is 172 cm³/mol. The monoisotopic (exact) mass is 632 g/mol. The fourth-order valence-electron chi connectivity index (χ4n) is 4.56. The molecule has 6 aromatic rings. The Balaban J connectivity index is 1.24. The number of benzene rings is 5. The summed E-state index contributed by atoms with van der Waals surface area (Å²) in [5, 5.41) is 7.60. The molecule has 42 heavy (non-hydrogen) atoms. The van der Waals surface area contributed by atoms with Gasteiger partial charge in [-0.25, -0.2) is 9.97 Å². The molecular formula is C34H22BrClN4O2. The highest BCUT2D eigenvalue weighted by Gasteiger charge is 2.17. The van der Waals surface area contributed by atoms with Gasteiger partial charge in [0.2, 0.25) is 5.95 Å². The van der Waals surface area contributed by atoms with E-state index in [1.54, 1.807) is 72.8 Å². The van der Waals surface area contributed by atoms with Gasteiger partial charge in [-0.05, 0) is 60.7 Å². The number of rotatable bonds is 7. The minimum absolute atomic E-state index is 0.181. The maximum absolute atomic E-state index is 13.2. The molecule has 1 heterocycles. The summed E-state index contributed by atoms with van der Waals surface area (Å²) in [4.78, 5) is 35.8. The van der Waals surface area contributed by atoms with Crippen molar-refractivity contribution in [2.75, 3.05) is 10.6 Å². The van der Waals surface area contributed by atoms with E-state index >= 15 is 0 Å². The Hall–Kier alpha value is -4.85. The van der Waals surface area contributed by atoms with Crippen LogP contribution < -0.4 is 10.6 Å². The molecule has 0 radical (unpaired) electrons. The summed E-state index contributed by atoms with van der Waals surface area (Å²) < 4.78 is 0.740. The van der Waals surface area contributed by atoms with E-state index in [1.165, 1.54) is 0 Å². The van der Waals surface area contributed by atoms with Crippen molar-refractivity contribution >= 4 is 67.4 Å². The second-order valence-corrected chi connectivity index (χ2v) is 10.8. The predicted octanol–water partition coefficient (Wildman–Crippen LogP) is 8.94. The lowest BCUT2D eigenvalue weighted by atomic mass is 10.0. The van der Waals surface area contributed by atoms with E-state index < -0.39 is 0 Å². The molecule has 0 aliphatic carbocycles. The van der Waals surface area contributed by atoms with E-state index in [9.17, 15) is 9.59 Å². The average Bonchev–Trinajstić information content (AvgIpc) is 3.02. The minimum atomic E-state index is -0.337. The molecule has 0 saturated heterocycles. The highest BCUT2D eigenvalue weighted by Crippen LogP contribution is 2.30. The fraction of sp³-hybridized carbons (Fsp3) is 0. The van der Waals surface area contributed by atoms with Crippen LogP contribution in [0.1, 0.15) is 26.3 Å². The third-order valence-electron chi connectivity index (χ3n) is 6.62. The molecule has 2 N–H and O–H groups in total. The number of ketones is 1. The Bertz CT molecular complexity index is 1930. The maximum atomic E-state index is 13.2. The number of fused-ring (bicyclic) bond motifs is 1. The molecule has 0 atom stereocenters. The molecule has 0 fully saturated rings. The lowest BCUT2D eigenvalue weighted by Crippen LogP contribution is -2.15. The first kappa shape index (κ1) is 27.3. The molecule has 8 heteroatoms. The number of halogens is 2. The van der Waals surface area contributed by atoms with E-state index in [-0.39, 0.29) is 11.7 Å². The zero-order valence-electron chi connectivity index (χ0n) is 22.0. The van der Waals surface area contributed by atoms with Crippen LogP contribution in [0.4, 0.5) is 17.3 Å². The van der Waals surface area contributed by atoms with Crippen molar-refractivity contribution in [2.24, 2.45) is 0 Å². The highest BCUT2D eigenvalue weighted by molar-refractivity contribution is 9.10. The molecule has 204 valence electrons. The van der Waals surface area contributed by atoms with Gasteiger partial charge in [0.1, 0.15) is 0 Å². The van der Waals surface area contributed by atoms with Gasteiger partial charge in [0.05, 0.1) is 16.9 Å². The second-order valence-electron chi connectivity index (χ2n) is 9.46. The number of carbonyl (C=O) groups is 2. The fourth-order valence-corrected chi connectivity index (χ4v) is 5.09. The number of hydrogen-bond donors (Lipinski definition) is 2.